The molecule has 2 saturated heterocycles. The van der Waals surface area contributed by atoms with Crippen molar-refractivity contribution in [3.8, 4) is 0 Å². The van der Waals surface area contributed by atoms with Crippen molar-refractivity contribution in [2.24, 2.45) is 0 Å². The van der Waals surface area contributed by atoms with Gasteiger partial charge in [0.15, 0.2) is 17.4 Å². The van der Waals surface area contributed by atoms with Crippen molar-refractivity contribution < 1.29 is 23.0 Å². The van der Waals surface area contributed by atoms with Crippen LogP contribution < -0.4 is 0 Å². The van der Waals surface area contributed by atoms with Crippen LogP contribution in [-0.4, -0.2) is 48.7 Å². The van der Waals surface area contributed by atoms with Gasteiger partial charge >= 0.3 is 0 Å². The lowest BCUT2D eigenvalue weighted by molar-refractivity contribution is -0.186. The van der Waals surface area contributed by atoms with E-state index in [-0.39, 0.29) is 11.7 Å². The molecule has 4 nitrogen and oxygen atoms in total. The number of piperidine rings is 1. The van der Waals surface area contributed by atoms with Crippen LogP contribution in [-0.2, 0) is 14.3 Å². The predicted octanol–water partition coefficient (Wildman–Crippen LogP) is 2.42. The molecule has 0 aromatic heterocycles. The van der Waals surface area contributed by atoms with E-state index in [9.17, 15) is 13.6 Å². The zero-order valence-corrected chi connectivity index (χ0v) is 12.8. The molecule has 2 heterocycles. The highest BCUT2D eigenvalue weighted by molar-refractivity contribution is 8.00. The summed E-state index contributed by atoms with van der Waals surface area (Å²) in [5, 5.41) is 0. The Labute approximate surface area is 131 Å². The van der Waals surface area contributed by atoms with Gasteiger partial charge in [0.05, 0.1) is 19.0 Å². The van der Waals surface area contributed by atoms with E-state index in [1.165, 1.54) is 17.8 Å². The van der Waals surface area contributed by atoms with Crippen molar-refractivity contribution in [2.45, 2.75) is 23.5 Å². The van der Waals surface area contributed by atoms with Crippen molar-refractivity contribution in [1.29, 1.82) is 0 Å². The zero-order valence-electron chi connectivity index (χ0n) is 12.0. The lowest BCUT2D eigenvalue weighted by Gasteiger charge is -2.37. The first-order valence-electron chi connectivity index (χ1n) is 7.22. The number of amides is 1. The van der Waals surface area contributed by atoms with E-state index in [1.807, 2.05) is 0 Å². The maximum absolute atomic E-state index is 13.1. The van der Waals surface area contributed by atoms with E-state index in [2.05, 4.69) is 0 Å². The highest BCUT2D eigenvalue weighted by atomic mass is 32.2. The monoisotopic (exact) mass is 329 g/mol. The molecule has 0 radical (unpaired) electrons. The van der Waals surface area contributed by atoms with Gasteiger partial charge in [-0.25, -0.2) is 8.78 Å². The van der Waals surface area contributed by atoms with Gasteiger partial charge < -0.3 is 14.4 Å². The quantitative estimate of drug-likeness (QED) is 0.799. The number of nitrogens with zero attached hydrogens (tertiary/aromatic N) is 1. The van der Waals surface area contributed by atoms with Gasteiger partial charge in [-0.3, -0.25) is 4.79 Å². The Kier molecular flexibility index (Phi) is 4.65. The van der Waals surface area contributed by atoms with Crippen LogP contribution in [0.15, 0.2) is 23.1 Å². The fraction of sp³-hybridized carbons (Fsp3) is 0.533. The summed E-state index contributed by atoms with van der Waals surface area (Å²) in [5.41, 5.74) is 0. The van der Waals surface area contributed by atoms with Crippen LogP contribution in [0.1, 0.15) is 12.8 Å². The molecule has 0 atom stereocenters. The Balaban J connectivity index is 1.49. The molecule has 2 aliphatic heterocycles. The van der Waals surface area contributed by atoms with Gasteiger partial charge in [0.25, 0.3) is 0 Å². The maximum Gasteiger partial charge on any atom is 0.232 e. The Morgan fingerprint density at radius 3 is 2.50 bits per heavy atom. The second-order valence-corrected chi connectivity index (χ2v) is 6.40. The average molecular weight is 329 g/mol. The Bertz CT molecular complexity index is 554. The van der Waals surface area contributed by atoms with E-state index in [0.29, 0.717) is 44.0 Å². The fourth-order valence-corrected chi connectivity index (χ4v) is 3.51. The predicted molar refractivity (Wildman–Crippen MR) is 77.5 cm³/mol. The molecule has 7 heteroatoms. The first kappa shape index (κ1) is 15.7. The highest BCUT2D eigenvalue weighted by Gasteiger charge is 2.40. The van der Waals surface area contributed by atoms with Crippen molar-refractivity contribution in [3.63, 3.8) is 0 Å². The molecule has 0 bridgehead atoms. The SMILES string of the molecule is O=C(CSc1ccc(F)c(F)c1)N1CCC2(CC1)OCCO2. The fourth-order valence-electron chi connectivity index (χ4n) is 2.69. The summed E-state index contributed by atoms with van der Waals surface area (Å²) in [6, 6.07) is 3.65. The van der Waals surface area contributed by atoms with Gasteiger partial charge in [0, 0.05) is 30.8 Å². The molecule has 1 aromatic rings. The summed E-state index contributed by atoms with van der Waals surface area (Å²) in [6.07, 6.45) is 1.35. The second-order valence-electron chi connectivity index (χ2n) is 5.35. The third-order valence-corrected chi connectivity index (χ3v) is 4.92. The first-order chi connectivity index (χ1) is 10.6. The number of carbonyl (C=O) groups excluding carboxylic acids is 1. The van der Waals surface area contributed by atoms with Crippen LogP contribution in [0.3, 0.4) is 0 Å². The molecule has 1 spiro atoms. The number of ether oxygens (including phenoxy) is 2. The number of carbonyl (C=O) groups is 1. The Morgan fingerprint density at radius 2 is 1.86 bits per heavy atom. The molecule has 3 rings (SSSR count). The molecule has 0 aliphatic carbocycles. The average Bonchev–Trinajstić information content (AvgIpc) is 2.97. The molecule has 0 unspecified atom stereocenters. The van der Waals surface area contributed by atoms with Crippen LogP contribution in [0, 0.1) is 11.6 Å². The minimum Gasteiger partial charge on any atom is -0.347 e. The number of hydrogen-bond acceptors (Lipinski definition) is 4. The minimum absolute atomic E-state index is 0.0115. The zero-order chi connectivity index (χ0) is 15.6. The standard InChI is InChI=1S/C15H17F2NO3S/c16-12-2-1-11(9-13(12)17)22-10-14(19)18-5-3-15(4-6-18)20-7-8-21-15/h1-2,9H,3-8,10H2. The van der Waals surface area contributed by atoms with E-state index >= 15 is 0 Å². The maximum atomic E-state index is 13.1. The lowest BCUT2D eigenvalue weighted by Crippen LogP contribution is -2.47. The van der Waals surface area contributed by atoms with Gasteiger partial charge in [0.1, 0.15) is 0 Å². The van der Waals surface area contributed by atoms with Crippen LogP contribution in [0.5, 0.6) is 0 Å². The van der Waals surface area contributed by atoms with Gasteiger partial charge in [-0.2, -0.15) is 0 Å². The number of halogens is 2. The summed E-state index contributed by atoms with van der Waals surface area (Å²) in [5.74, 6) is -2.08. The summed E-state index contributed by atoms with van der Waals surface area (Å²) in [7, 11) is 0. The van der Waals surface area contributed by atoms with Crippen molar-refractivity contribution in [2.75, 3.05) is 32.1 Å². The normalized spacial score (nSPS) is 20.5. The third-order valence-electron chi connectivity index (χ3n) is 3.94. The van der Waals surface area contributed by atoms with Gasteiger partial charge in [-0.15, -0.1) is 11.8 Å². The second kappa shape index (κ2) is 6.52. The van der Waals surface area contributed by atoms with Crippen molar-refractivity contribution >= 4 is 17.7 Å². The molecule has 2 fully saturated rings. The minimum atomic E-state index is -0.895. The van der Waals surface area contributed by atoms with Crippen LogP contribution in [0.4, 0.5) is 8.78 Å². The molecule has 0 N–H and O–H groups in total. The van der Waals surface area contributed by atoms with Gasteiger partial charge in [0.2, 0.25) is 5.91 Å². The summed E-state index contributed by atoms with van der Waals surface area (Å²) >= 11 is 1.21. The third kappa shape index (κ3) is 3.42. The van der Waals surface area contributed by atoms with E-state index < -0.39 is 17.4 Å². The van der Waals surface area contributed by atoms with E-state index in [0.717, 1.165) is 12.1 Å². The molecule has 0 saturated carbocycles. The molecule has 2 aliphatic rings. The number of rotatable bonds is 3. The number of thioether (sulfide) groups is 1. The topological polar surface area (TPSA) is 38.8 Å². The molecule has 1 aromatic carbocycles. The van der Waals surface area contributed by atoms with Crippen LogP contribution >= 0.6 is 11.8 Å². The first-order valence-corrected chi connectivity index (χ1v) is 8.20. The smallest absolute Gasteiger partial charge is 0.232 e. The largest absolute Gasteiger partial charge is 0.347 e. The Hall–Kier alpha value is -1.18. The Morgan fingerprint density at radius 1 is 1.18 bits per heavy atom. The van der Waals surface area contributed by atoms with Crippen LogP contribution in [0.25, 0.3) is 0 Å². The number of hydrogen-bond donors (Lipinski definition) is 0. The molecular weight excluding hydrogens is 312 g/mol. The van der Waals surface area contributed by atoms with Crippen molar-refractivity contribution in [1.82, 2.24) is 4.90 Å². The molecular formula is C15H17F2NO3S. The van der Waals surface area contributed by atoms with Crippen molar-refractivity contribution in [3.05, 3.63) is 29.8 Å². The van der Waals surface area contributed by atoms with E-state index in [4.69, 9.17) is 9.47 Å². The molecule has 1 amide bonds. The highest BCUT2D eigenvalue weighted by Crippen LogP contribution is 2.31. The number of likely N-dealkylation sites (tertiary alicyclic amines) is 1. The summed E-state index contributed by atoms with van der Waals surface area (Å²) < 4.78 is 37.2. The molecule has 22 heavy (non-hydrogen) atoms. The summed E-state index contributed by atoms with van der Waals surface area (Å²) in [4.78, 5) is 14.5. The van der Waals surface area contributed by atoms with Crippen LogP contribution in [0.2, 0.25) is 0 Å². The van der Waals surface area contributed by atoms with Gasteiger partial charge in [-0.1, -0.05) is 0 Å². The summed E-state index contributed by atoms with van der Waals surface area (Å²) in [6.45, 7) is 2.41. The lowest BCUT2D eigenvalue weighted by atomic mass is 10.0. The van der Waals surface area contributed by atoms with E-state index in [1.54, 1.807) is 4.90 Å². The molecule has 120 valence electrons. The van der Waals surface area contributed by atoms with Gasteiger partial charge in [-0.05, 0) is 18.2 Å². The number of benzene rings is 1.